The highest BCUT2D eigenvalue weighted by Gasteiger charge is 2.24. The molecule has 30 heavy (non-hydrogen) atoms. The monoisotopic (exact) mass is 430 g/mol. The fraction of sp³-hybridized carbons (Fsp3) is 0.364. The number of anilines is 1. The maximum absolute atomic E-state index is 12.6. The van der Waals surface area contributed by atoms with E-state index in [2.05, 4.69) is 15.5 Å². The molecular formula is C22H27ClN4O3. The van der Waals surface area contributed by atoms with E-state index >= 15 is 0 Å². The Hall–Kier alpha value is -2.93. The van der Waals surface area contributed by atoms with Gasteiger partial charge in [-0.2, -0.15) is 0 Å². The van der Waals surface area contributed by atoms with E-state index in [0.29, 0.717) is 30.4 Å². The molecule has 0 saturated carbocycles. The summed E-state index contributed by atoms with van der Waals surface area (Å²) in [6.07, 6.45) is 0. The van der Waals surface area contributed by atoms with Crippen LogP contribution in [0.25, 0.3) is 0 Å². The van der Waals surface area contributed by atoms with Crippen LogP contribution in [-0.2, 0) is 11.3 Å². The van der Waals surface area contributed by atoms with Crippen LogP contribution in [-0.4, -0.2) is 56.2 Å². The average Bonchev–Trinajstić information content (AvgIpc) is 2.78. The Morgan fingerprint density at radius 3 is 2.40 bits per heavy atom. The third-order valence-corrected chi connectivity index (χ3v) is 5.39. The molecule has 1 fully saturated rings. The summed E-state index contributed by atoms with van der Waals surface area (Å²) in [5, 5.41) is 6.33. The first-order valence-corrected chi connectivity index (χ1v) is 10.3. The molecule has 0 aromatic heterocycles. The van der Waals surface area contributed by atoms with Gasteiger partial charge in [0, 0.05) is 49.0 Å². The van der Waals surface area contributed by atoms with Gasteiger partial charge in [0.25, 0.3) is 0 Å². The number of nitrogens with one attached hydrogen (secondary N) is 2. The van der Waals surface area contributed by atoms with Crippen molar-refractivity contribution in [1.29, 1.82) is 0 Å². The van der Waals surface area contributed by atoms with Gasteiger partial charge in [0.2, 0.25) is 5.91 Å². The lowest BCUT2D eigenvalue weighted by Crippen LogP contribution is -2.55. The van der Waals surface area contributed by atoms with Crippen molar-refractivity contribution >= 4 is 29.2 Å². The minimum absolute atomic E-state index is 0.231. The van der Waals surface area contributed by atoms with Gasteiger partial charge in [-0.1, -0.05) is 29.8 Å². The van der Waals surface area contributed by atoms with Gasteiger partial charge in [-0.3, -0.25) is 4.79 Å². The summed E-state index contributed by atoms with van der Waals surface area (Å²) in [6.45, 7) is 4.64. The summed E-state index contributed by atoms with van der Waals surface area (Å²) in [5.74, 6) is 0.474. The van der Waals surface area contributed by atoms with Gasteiger partial charge in [-0.05, 0) is 37.3 Å². The van der Waals surface area contributed by atoms with Crippen molar-refractivity contribution in [1.82, 2.24) is 15.5 Å². The summed E-state index contributed by atoms with van der Waals surface area (Å²) in [5.41, 5.74) is 1.97. The number of halogens is 1. The molecule has 3 amide bonds. The number of piperazine rings is 1. The van der Waals surface area contributed by atoms with E-state index in [-0.39, 0.29) is 11.9 Å². The Kier molecular flexibility index (Phi) is 7.41. The lowest BCUT2D eigenvalue weighted by atomic mass is 10.2. The third-order valence-electron chi connectivity index (χ3n) is 5.14. The molecule has 1 heterocycles. The van der Waals surface area contributed by atoms with Gasteiger partial charge in [0.1, 0.15) is 11.8 Å². The second kappa shape index (κ2) is 10.2. The molecule has 8 heteroatoms. The van der Waals surface area contributed by atoms with Crippen LogP contribution >= 0.6 is 11.6 Å². The maximum atomic E-state index is 12.6. The highest BCUT2D eigenvalue weighted by atomic mass is 35.5. The zero-order valence-electron chi connectivity index (χ0n) is 17.2. The van der Waals surface area contributed by atoms with Gasteiger partial charge in [-0.25, -0.2) is 4.79 Å². The molecule has 1 atom stereocenters. The van der Waals surface area contributed by atoms with Crippen molar-refractivity contribution in [2.75, 3.05) is 38.2 Å². The van der Waals surface area contributed by atoms with E-state index in [1.54, 1.807) is 18.9 Å². The van der Waals surface area contributed by atoms with E-state index in [4.69, 9.17) is 16.3 Å². The normalized spacial score (nSPS) is 14.8. The average molecular weight is 431 g/mol. The topological polar surface area (TPSA) is 73.9 Å². The number of rotatable bonds is 6. The predicted molar refractivity (Wildman–Crippen MR) is 118 cm³/mol. The predicted octanol–water partition coefficient (Wildman–Crippen LogP) is 2.89. The molecule has 2 aromatic carbocycles. The Bertz CT molecular complexity index is 867. The number of amides is 3. The first kappa shape index (κ1) is 21.8. The lowest BCUT2D eigenvalue weighted by Gasteiger charge is -2.36. The first-order valence-electron chi connectivity index (χ1n) is 9.93. The number of hydrogen-bond donors (Lipinski definition) is 2. The number of para-hydroxylation sites is 1. The second-order valence-electron chi connectivity index (χ2n) is 7.15. The van der Waals surface area contributed by atoms with Crippen molar-refractivity contribution in [3.63, 3.8) is 0 Å². The van der Waals surface area contributed by atoms with Crippen LogP contribution < -0.4 is 20.3 Å². The molecule has 0 radical (unpaired) electrons. The molecule has 0 spiro atoms. The number of carbonyl (C=O) groups is 2. The summed E-state index contributed by atoms with van der Waals surface area (Å²) in [7, 11) is 1.59. The second-order valence-corrected chi connectivity index (χ2v) is 7.59. The van der Waals surface area contributed by atoms with E-state index < -0.39 is 6.04 Å². The molecule has 0 bridgehead atoms. The Balaban J connectivity index is 1.45. The number of ether oxygens (including phenoxy) is 1. The van der Waals surface area contributed by atoms with E-state index in [0.717, 1.165) is 24.3 Å². The summed E-state index contributed by atoms with van der Waals surface area (Å²) in [6, 6.07) is 14.3. The van der Waals surface area contributed by atoms with E-state index in [1.807, 2.05) is 48.5 Å². The van der Waals surface area contributed by atoms with Crippen LogP contribution in [0.3, 0.4) is 0 Å². The summed E-state index contributed by atoms with van der Waals surface area (Å²) in [4.78, 5) is 28.9. The van der Waals surface area contributed by atoms with Crippen molar-refractivity contribution in [3.05, 3.63) is 59.1 Å². The van der Waals surface area contributed by atoms with Crippen LogP contribution in [0.2, 0.25) is 5.02 Å². The van der Waals surface area contributed by atoms with Crippen LogP contribution in [0, 0.1) is 0 Å². The summed E-state index contributed by atoms with van der Waals surface area (Å²) >= 11 is 5.94. The molecule has 1 aliphatic heterocycles. The van der Waals surface area contributed by atoms with Crippen molar-refractivity contribution < 1.29 is 14.3 Å². The van der Waals surface area contributed by atoms with Gasteiger partial charge in [0.05, 0.1) is 7.11 Å². The van der Waals surface area contributed by atoms with Crippen LogP contribution in [0.15, 0.2) is 48.5 Å². The highest BCUT2D eigenvalue weighted by Crippen LogP contribution is 2.19. The number of benzene rings is 2. The Labute approximate surface area is 181 Å². The molecule has 2 aromatic rings. The fourth-order valence-corrected chi connectivity index (χ4v) is 3.47. The Morgan fingerprint density at radius 2 is 1.73 bits per heavy atom. The quantitative estimate of drug-likeness (QED) is 0.739. The minimum atomic E-state index is -0.637. The molecule has 1 saturated heterocycles. The highest BCUT2D eigenvalue weighted by molar-refractivity contribution is 6.30. The Morgan fingerprint density at radius 1 is 1.07 bits per heavy atom. The SMILES string of the molecule is COc1ccccc1CNC(=O)[C@H](C)NC(=O)N1CCN(c2ccc(Cl)cc2)CC1. The molecule has 1 aliphatic rings. The zero-order valence-corrected chi connectivity index (χ0v) is 18.0. The lowest BCUT2D eigenvalue weighted by molar-refractivity contribution is -0.122. The molecule has 0 unspecified atom stereocenters. The first-order chi connectivity index (χ1) is 14.5. The van der Waals surface area contributed by atoms with Crippen molar-refractivity contribution in [3.8, 4) is 5.75 Å². The van der Waals surface area contributed by atoms with Crippen LogP contribution in [0.5, 0.6) is 5.75 Å². The van der Waals surface area contributed by atoms with Gasteiger partial charge in [0.15, 0.2) is 0 Å². The van der Waals surface area contributed by atoms with Crippen molar-refractivity contribution in [2.45, 2.75) is 19.5 Å². The standard InChI is InChI=1S/C22H27ClN4O3/c1-16(21(28)24-15-17-5-3-4-6-20(17)30-2)25-22(29)27-13-11-26(12-14-27)19-9-7-18(23)8-10-19/h3-10,16H,11-15H2,1-2H3,(H,24,28)(H,25,29)/t16-/m0/s1. The number of urea groups is 1. The number of nitrogens with zero attached hydrogens (tertiary/aromatic N) is 2. The van der Waals surface area contributed by atoms with Crippen LogP contribution in [0.4, 0.5) is 10.5 Å². The molecular weight excluding hydrogens is 404 g/mol. The van der Waals surface area contributed by atoms with E-state index in [1.165, 1.54) is 0 Å². The molecule has 0 aliphatic carbocycles. The maximum Gasteiger partial charge on any atom is 0.318 e. The molecule has 7 nitrogen and oxygen atoms in total. The van der Waals surface area contributed by atoms with Gasteiger partial charge >= 0.3 is 6.03 Å². The number of methoxy groups -OCH3 is 1. The number of hydrogen-bond acceptors (Lipinski definition) is 4. The molecule has 3 rings (SSSR count). The summed E-state index contributed by atoms with van der Waals surface area (Å²) < 4.78 is 5.29. The molecule has 160 valence electrons. The fourth-order valence-electron chi connectivity index (χ4n) is 3.35. The van der Waals surface area contributed by atoms with E-state index in [9.17, 15) is 9.59 Å². The third kappa shape index (κ3) is 5.57. The van der Waals surface area contributed by atoms with Gasteiger partial charge in [-0.15, -0.1) is 0 Å². The van der Waals surface area contributed by atoms with Crippen molar-refractivity contribution in [2.24, 2.45) is 0 Å². The van der Waals surface area contributed by atoms with Crippen LogP contribution in [0.1, 0.15) is 12.5 Å². The zero-order chi connectivity index (χ0) is 21.5. The molecule has 2 N–H and O–H groups in total. The minimum Gasteiger partial charge on any atom is -0.496 e. The largest absolute Gasteiger partial charge is 0.496 e. The van der Waals surface area contributed by atoms with Gasteiger partial charge < -0.3 is 25.2 Å². The smallest absolute Gasteiger partial charge is 0.318 e. The number of carbonyl (C=O) groups excluding carboxylic acids is 2.